The molecule has 0 spiro atoms. The quantitative estimate of drug-likeness (QED) is 0.195. The van der Waals surface area contributed by atoms with Crippen LogP contribution in [0, 0.1) is 0 Å². The van der Waals surface area contributed by atoms with Gasteiger partial charge in [0, 0.05) is 17.1 Å². The Morgan fingerprint density at radius 3 is 1.33 bits per heavy atom. The van der Waals surface area contributed by atoms with E-state index in [0.717, 1.165) is 23.5 Å². The van der Waals surface area contributed by atoms with Gasteiger partial charge in [0.1, 0.15) is 0 Å². The Balaban J connectivity index is 1.11. The predicted molar refractivity (Wildman–Crippen MR) is 179 cm³/mol. The van der Waals surface area contributed by atoms with E-state index in [9.17, 15) is 0 Å². The molecule has 1 heteroatoms. The lowest BCUT2D eigenvalue weighted by atomic mass is 9.98. The Kier molecular flexibility index (Phi) is 7.06. The van der Waals surface area contributed by atoms with Crippen molar-refractivity contribution in [2.75, 3.05) is 4.90 Å². The topological polar surface area (TPSA) is 3.24 Å². The first-order chi connectivity index (χ1) is 20.8. The fraction of sp³-hybridized carbons (Fsp3) is 0.0244. The molecule has 7 rings (SSSR count). The summed E-state index contributed by atoms with van der Waals surface area (Å²) in [5.41, 5.74) is 11.0. The first kappa shape index (κ1) is 25.6. The number of nitrogens with zero attached hydrogens (tertiary/aromatic N) is 1. The summed E-state index contributed by atoms with van der Waals surface area (Å²) >= 11 is 0. The summed E-state index contributed by atoms with van der Waals surface area (Å²) in [5, 5.41) is 2.48. The highest BCUT2D eigenvalue weighted by molar-refractivity contribution is 5.89. The van der Waals surface area contributed by atoms with Gasteiger partial charge < -0.3 is 4.90 Å². The summed E-state index contributed by atoms with van der Waals surface area (Å²) in [4.78, 5) is 2.32. The number of para-hydroxylation sites is 1. The van der Waals surface area contributed by atoms with Gasteiger partial charge in [-0.1, -0.05) is 140 Å². The number of rotatable bonds is 7. The Morgan fingerprint density at radius 1 is 0.310 bits per heavy atom. The van der Waals surface area contributed by atoms with Crippen molar-refractivity contribution >= 4 is 27.8 Å². The average Bonchev–Trinajstić information content (AvgIpc) is 3.07. The second kappa shape index (κ2) is 11.6. The molecule has 0 N–H and O–H groups in total. The molecule has 200 valence electrons. The van der Waals surface area contributed by atoms with Crippen molar-refractivity contribution in [3.8, 4) is 22.3 Å². The van der Waals surface area contributed by atoms with Crippen LogP contribution in [0.4, 0.5) is 17.1 Å². The Hall–Kier alpha value is -5.40. The van der Waals surface area contributed by atoms with Crippen LogP contribution >= 0.6 is 0 Å². The van der Waals surface area contributed by atoms with E-state index in [2.05, 4.69) is 181 Å². The zero-order valence-corrected chi connectivity index (χ0v) is 23.4. The molecule has 0 aliphatic rings. The minimum absolute atomic E-state index is 0.923. The summed E-state index contributed by atoms with van der Waals surface area (Å²) in [6.07, 6.45) is 0.923. The van der Waals surface area contributed by atoms with Gasteiger partial charge in [-0.15, -0.1) is 0 Å². The van der Waals surface area contributed by atoms with Gasteiger partial charge in [-0.2, -0.15) is 0 Å². The number of hydrogen-bond acceptors (Lipinski definition) is 1. The number of hydrogen-bond donors (Lipinski definition) is 0. The lowest BCUT2D eigenvalue weighted by molar-refractivity contribution is 1.19. The summed E-state index contributed by atoms with van der Waals surface area (Å²) in [6, 6.07) is 63.1. The molecule has 7 aromatic carbocycles. The standard InChI is InChI=1S/C41H31N/c1-3-9-33(10-4-1)35-19-15-31(16-20-35)29-32-17-21-36(22-18-32)37-23-26-40(27-24-37)42(39-13-5-2-6-14-39)41-28-25-34-11-7-8-12-38(34)30-41/h1-28,30H,29H2. The fourth-order valence-electron chi connectivity index (χ4n) is 5.64. The molecule has 0 fully saturated rings. The lowest BCUT2D eigenvalue weighted by Crippen LogP contribution is -2.09. The van der Waals surface area contributed by atoms with Crippen LogP contribution in [-0.2, 0) is 6.42 Å². The van der Waals surface area contributed by atoms with Gasteiger partial charge in [0.15, 0.2) is 0 Å². The van der Waals surface area contributed by atoms with Gasteiger partial charge >= 0.3 is 0 Å². The summed E-state index contributed by atoms with van der Waals surface area (Å²) in [5.74, 6) is 0. The molecular weight excluding hydrogens is 506 g/mol. The third kappa shape index (κ3) is 5.46. The monoisotopic (exact) mass is 537 g/mol. The Bertz CT molecular complexity index is 1910. The van der Waals surface area contributed by atoms with Crippen LogP contribution in [0.15, 0.2) is 176 Å². The third-order valence-electron chi connectivity index (χ3n) is 7.89. The van der Waals surface area contributed by atoms with Crippen LogP contribution in [0.1, 0.15) is 11.1 Å². The van der Waals surface area contributed by atoms with Gasteiger partial charge in [-0.3, -0.25) is 0 Å². The minimum atomic E-state index is 0.923. The van der Waals surface area contributed by atoms with E-state index in [0.29, 0.717) is 0 Å². The second-order valence-electron chi connectivity index (χ2n) is 10.7. The number of anilines is 3. The second-order valence-corrected chi connectivity index (χ2v) is 10.7. The SMILES string of the molecule is c1ccc(-c2ccc(Cc3ccc(-c4ccc(N(c5ccccc5)c5ccc6ccccc6c5)cc4)cc3)cc2)cc1. The van der Waals surface area contributed by atoms with Gasteiger partial charge in [0.2, 0.25) is 0 Å². The first-order valence-corrected chi connectivity index (χ1v) is 14.5. The van der Waals surface area contributed by atoms with Crippen LogP contribution in [0.5, 0.6) is 0 Å². The van der Waals surface area contributed by atoms with Crippen LogP contribution in [0.25, 0.3) is 33.0 Å². The summed E-state index contributed by atoms with van der Waals surface area (Å²) in [6.45, 7) is 0. The van der Waals surface area contributed by atoms with E-state index in [1.54, 1.807) is 0 Å². The number of fused-ring (bicyclic) bond motifs is 1. The maximum absolute atomic E-state index is 2.32. The predicted octanol–water partition coefficient (Wildman–Crippen LogP) is 11.2. The third-order valence-corrected chi connectivity index (χ3v) is 7.89. The number of benzene rings is 7. The first-order valence-electron chi connectivity index (χ1n) is 14.5. The van der Waals surface area contributed by atoms with Crippen molar-refractivity contribution in [3.63, 3.8) is 0 Å². The molecule has 0 bridgehead atoms. The van der Waals surface area contributed by atoms with Gasteiger partial charge in [0.25, 0.3) is 0 Å². The largest absolute Gasteiger partial charge is 0.310 e. The lowest BCUT2D eigenvalue weighted by Gasteiger charge is -2.26. The van der Waals surface area contributed by atoms with E-state index in [4.69, 9.17) is 0 Å². The van der Waals surface area contributed by atoms with Crippen LogP contribution < -0.4 is 4.90 Å². The molecule has 0 atom stereocenters. The van der Waals surface area contributed by atoms with E-state index < -0.39 is 0 Å². The Labute approximate surface area is 248 Å². The fourth-order valence-corrected chi connectivity index (χ4v) is 5.64. The maximum Gasteiger partial charge on any atom is 0.0468 e. The zero-order valence-electron chi connectivity index (χ0n) is 23.4. The van der Waals surface area contributed by atoms with Gasteiger partial charge in [0.05, 0.1) is 0 Å². The van der Waals surface area contributed by atoms with E-state index >= 15 is 0 Å². The van der Waals surface area contributed by atoms with E-state index in [1.165, 1.54) is 44.2 Å². The average molecular weight is 538 g/mol. The van der Waals surface area contributed by atoms with E-state index in [1.807, 2.05) is 0 Å². The van der Waals surface area contributed by atoms with Crippen molar-refractivity contribution in [2.45, 2.75) is 6.42 Å². The molecule has 0 amide bonds. The highest BCUT2D eigenvalue weighted by Gasteiger charge is 2.13. The molecule has 7 aromatic rings. The van der Waals surface area contributed by atoms with Gasteiger partial charge in [-0.05, 0) is 87.0 Å². The molecule has 0 radical (unpaired) electrons. The molecule has 42 heavy (non-hydrogen) atoms. The maximum atomic E-state index is 2.32. The molecule has 0 saturated carbocycles. The summed E-state index contributed by atoms with van der Waals surface area (Å²) in [7, 11) is 0. The smallest absolute Gasteiger partial charge is 0.0468 e. The molecule has 0 saturated heterocycles. The Morgan fingerprint density at radius 2 is 0.738 bits per heavy atom. The highest BCUT2D eigenvalue weighted by atomic mass is 15.1. The molecule has 0 unspecified atom stereocenters. The molecule has 0 aliphatic heterocycles. The van der Waals surface area contributed by atoms with Crippen molar-refractivity contribution < 1.29 is 0 Å². The van der Waals surface area contributed by atoms with Crippen molar-refractivity contribution in [2.24, 2.45) is 0 Å². The normalized spacial score (nSPS) is 11.0. The van der Waals surface area contributed by atoms with E-state index in [-0.39, 0.29) is 0 Å². The van der Waals surface area contributed by atoms with Crippen molar-refractivity contribution in [3.05, 3.63) is 187 Å². The van der Waals surface area contributed by atoms with Gasteiger partial charge in [-0.25, -0.2) is 0 Å². The molecule has 0 aliphatic carbocycles. The van der Waals surface area contributed by atoms with Crippen molar-refractivity contribution in [1.29, 1.82) is 0 Å². The molecule has 1 nitrogen and oxygen atoms in total. The zero-order chi connectivity index (χ0) is 28.1. The highest BCUT2D eigenvalue weighted by Crippen LogP contribution is 2.37. The molecular formula is C41H31N. The minimum Gasteiger partial charge on any atom is -0.310 e. The van der Waals surface area contributed by atoms with Crippen LogP contribution in [-0.4, -0.2) is 0 Å². The van der Waals surface area contributed by atoms with Crippen LogP contribution in [0.3, 0.4) is 0 Å². The van der Waals surface area contributed by atoms with Crippen molar-refractivity contribution in [1.82, 2.24) is 0 Å². The van der Waals surface area contributed by atoms with Crippen LogP contribution in [0.2, 0.25) is 0 Å². The molecule has 0 aromatic heterocycles. The molecule has 0 heterocycles. The summed E-state index contributed by atoms with van der Waals surface area (Å²) < 4.78 is 0.